The SMILES string of the molecule is Cc1cc(CNCC(C)(O)C(C)C)no1. The molecule has 1 unspecified atom stereocenters. The third-order valence-electron chi connectivity index (χ3n) is 2.71. The van der Waals surface area contributed by atoms with Gasteiger partial charge in [-0.15, -0.1) is 0 Å². The maximum Gasteiger partial charge on any atom is 0.133 e. The molecule has 0 radical (unpaired) electrons. The van der Waals surface area contributed by atoms with Crippen molar-refractivity contribution in [2.75, 3.05) is 6.54 Å². The number of rotatable bonds is 5. The van der Waals surface area contributed by atoms with Gasteiger partial charge in [0.1, 0.15) is 5.76 Å². The predicted molar refractivity (Wildman–Crippen MR) is 58.4 cm³/mol. The summed E-state index contributed by atoms with van der Waals surface area (Å²) in [5, 5.41) is 17.0. The van der Waals surface area contributed by atoms with E-state index in [4.69, 9.17) is 4.52 Å². The van der Waals surface area contributed by atoms with E-state index in [1.807, 2.05) is 33.8 Å². The van der Waals surface area contributed by atoms with Crippen molar-refractivity contribution in [3.8, 4) is 0 Å². The van der Waals surface area contributed by atoms with Crippen molar-refractivity contribution in [2.45, 2.75) is 39.8 Å². The minimum absolute atomic E-state index is 0.226. The molecule has 86 valence electrons. The molecule has 1 heterocycles. The molecule has 0 saturated heterocycles. The predicted octanol–water partition coefficient (Wildman–Crippen LogP) is 1.48. The molecule has 0 bridgehead atoms. The van der Waals surface area contributed by atoms with Gasteiger partial charge in [0.2, 0.25) is 0 Å². The number of aliphatic hydroxyl groups is 1. The smallest absolute Gasteiger partial charge is 0.133 e. The Kier molecular flexibility index (Phi) is 3.88. The molecule has 0 spiro atoms. The van der Waals surface area contributed by atoms with Gasteiger partial charge in [0.05, 0.1) is 11.3 Å². The summed E-state index contributed by atoms with van der Waals surface area (Å²) in [5.74, 6) is 1.03. The van der Waals surface area contributed by atoms with Crippen LogP contribution >= 0.6 is 0 Å². The first-order valence-electron chi connectivity index (χ1n) is 5.27. The van der Waals surface area contributed by atoms with Crippen LogP contribution in [0.3, 0.4) is 0 Å². The topological polar surface area (TPSA) is 58.3 Å². The lowest BCUT2D eigenvalue weighted by Gasteiger charge is -2.27. The van der Waals surface area contributed by atoms with Gasteiger partial charge in [-0.2, -0.15) is 0 Å². The van der Waals surface area contributed by atoms with Gasteiger partial charge in [0.15, 0.2) is 0 Å². The summed E-state index contributed by atoms with van der Waals surface area (Å²) in [6.45, 7) is 8.88. The van der Waals surface area contributed by atoms with Crippen molar-refractivity contribution in [2.24, 2.45) is 5.92 Å². The fourth-order valence-corrected chi connectivity index (χ4v) is 1.15. The maximum absolute atomic E-state index is 9.97. The number of nitrogens with one attached hydrogen (secondary N) is 1. The van der Waals surface area contributed by atoms with Gasteiger partial charge in [-0.05, 0) is 19.8 Å². The highest BCUT2D eigenvalue weighted by Gasteiger charge is 2.24. The summed E-state index contributed by atoms with van der Waals surface area (Å²) >= 11 is 0. The van der Waals surface area contributed by atoms with Crippen LogP contribution in [0.4, 0.5) is 0 Å². The Balaban J connectivity index is 2.33. The number of aryl methyl sites for hydroxylation is 1. The van der Waals surface area contributed by atoms with Crippen molar-refractivity contribution in [3.05, 3.63) is 17.5 Å². The summed E-state index contributed by atoms with van der Waals surface area (Å²) in [7, 11) is 0. The van der Waals surface area contributed by atoms with E-state index in [9.17, 15) is 5.11 Å². The van der Waals surface area contributed by atoms with Crippen LogP contribution in [0.25, 0.3) is 0 Å². The highest BCUT2D eigenvalue weighted by Crippen LogP contribution is 2.14. The molecule has 0 aromatic carbocycles. The molecular weight excluding hydrogens is 192 g/mol. The van der Waals surface area contributed by atoms with Crippen molar-refractivity contribution in [1.82, 2.24) is 10.5 Å². The average molecular weight is 212 g/mol. The highest BCUT2D eigenvalue weighted by molar-refractivity contribution is 5.03. The summed E-state index contributed by atoms with van der Waals surface area (Å²) in [6.07, 6.45) is 0. The fraction of sp³-hybridized carbons (Fsp3) is 0.727. The van der Waals surface area contributed by atoms with Crippen LogP contribution in [0, 0.1) is 12.8 Å². The molecule has 0 fully saturated rings. The molecule has 1 atom stereocenters. The zero-order valence-corrected chi connectivity index (χ0v) is 9.87. The van der Waals surface area contributed by atoms with E-state index < -0.39 is 5.60 Å². The molecule has 4 nitrogen and oxygen atoms in total. The van der Waals surface area contributed by atoms with E-state index >= 15 is 0 Å². The lowest BCUT2D eigenvalue weighted by atomic mass is 9.92. The van der Waals surface area contributed by atoms with E-state index in [0.717, 1.165) is 11.5 Å². The van der Waals surface area contributed by atoms with E-state index in [0.29, 0.717) is 13.1 Å². The summed E-state index contributed by atoms with van der Waals surface area (Å²) in [4.78, 5) is 0. The van der Waals surface area contributed by atoms with Crippen LogP contribution in [0.5, 0.6) is 0 Å². The van der Waals surface area contributed by atoms with Crippen molar-refractivity contribution in [3.63, 3.8) is 0 Å². The van der Waals surface area contributed by atoms with Gasteiger partial charge >= 0.3 is 0 Å². The minimum Gasteiger partial charge on any atom is -0.389 e. The first kappa shape index (κ1) is 12.2. The molecule has 0 aliphatic heterocycles. The van der Waals surface area contributed by atoms with Crippen LogP contribution in [0.1, 0.15) is 32.2 Å². The van der Waals surface area contributed by atoms with Gasteiger partial charge < -0.3 is 14.9 Å². The molecule has 2 N–H and O–H groups in total. The summed E-state index contributed by atoms with van der Waals surface area (Å²) < 4.78 is 4.94. The van der Waals surface area contributed by atoms with Gasteiger partial charge in [-0.3, -0.25) is 0 Å². The lowest BCUT2D eigenvalue weighted by Crippen LogP contribution is -2.41. The van der Waals surface area contributed by atoms with Crippen LogP contribution < -0.4 is 5.32 Å². The van der Waals surface area contributed by atoms with Gasteiger partial charge in [0.25, 0.3) is 0 Å². The zero-order valence-electron chi connectivity index (χ0n) is 9.87. The summed E-state index contributed by atoms with van der Waals surface area (Å²) in [5.41, 5.74) is 0.186. The first-order chi connectivity index (χ1) is 6.92. The molecule has 0 amide bonds. The van der Waals surface area contributed by atoms with Crippen LogP contribution in [-0.4, -0.2) is 22.4 Å². The van der Waals surface area contributed by atoms with E-state index in [1.165, 1.54) is 0 Å². The molecule has 0 aliphatic rings. The first-order valence-corrected chi connectivity index (χ1v) is 5.27. The third kappa shape index (κ3) is 3.64. The number of hydrogen-bond acceptors (Lipinski definition) is 4. The fourth-order valence-electron chi connectivity index (χ4n) is 1.15. The van der Waals surface area contributed by atoms with E-state index in [-0.39, 0.29) is 5.92 Å². The molecule has 1 rings (SSSR count). The zero-order chi connectivity index (χ0) is 11.5. The second-order valence-electron chi connectivity index (χ2n) is 4.54. The molecule has 4 heteroatoms. The Bertz CT molecular complexity index is 305. The van der Waals surface area contributed by atoms with E-state index in [1.54, 1.807) is 0 Å². The second-order valence-corrected chi connectivity index (χ2v) is 4.54. The number of nitrogens with zero attached hydrogens (tertiary/aromatic N) is 1. The van der Waals surface area contributed by atoms with Crippen molar-refractivity contribution < 1.29 is 9.63 Å². The Morgan fingerprint density at radius 2 is 2.27 bits per heavy atom. The molecule has 1 aromatic heterocycles. The Hall–Kier alpha value is -0.870. The maximum atomic E-state index is 9.97. The molecule has 15 heavy (non-hydrogen) atoms. The largest absolute Gasteiger partial charge is 0.389 e. The van der Waals surface area contributed by atoms with Crippen LogP contribution in [0.2, 0.25) is 0 Å². The Morgan fingerprint density at radius 1 is 1.60 bits per heavy atom. The number of hydrogen-bond donors (Lipinski definition) is 2. The molecular formula is C11H20N2O2. The van der Waals surface area contributed by atoms with Gasteiger partial charge in [-0.25, -0.2) is 0 Å². The van der Waals surface area contributed by atoms with Gasteiger partial charge in [0, 0.05) is 19.2 Å². The molecule has 1 aromatic rings. The summed E-state index contributed by atoms with van der Waals surface area (Å²) in [6, 6.07) is 1.89. The number of aromatic nitrogens is 1. The lowest BCUT2D eigenvalue weighted by molar-refractivity contribution is 0.0139. The quantitative estimate of drug-likeness (QED) is 0.776. The van der Waals surface area contributed by atoms with E-state index in [2.05, 4.69) is 10.5 Å². The highest BCUT2D eigenvalue weighted by atomic mass is 16.5. The standard InChI is InChI=1S/C11H20N2O2/c1-8(2)11(4,14)7-12-6-10-5-9(3)15-13-10/h5,8,12,14H,6-7H2,1-4H3. The third-order valence-corrected chi connectivity index (χ3v) is 2.71. The monoisotopic (exact) mass is 212 g/mol. The van der Waals surface area contributed by atoms with Crippen molar-refractivity contribution in [1.29, 1.82) is 0 Å². The Morgan fingerprint density at radius 3 is 2.73 bits per heavy atom. The van der Waals surface area contributed by atoms with Gasteiger partial charge in [-0.1, -0.05) is 19.0 Å². The normalized spacial score (nSPS) is 15.6. The van der Waals surface area contributed by atoms with Crippen LogP contribution in [-0.2, 0) is 6.54 Å². The van der Waals surface area contributed by atoms with Crippen molar-refractivity contribution >= 4 is 0 Å². The molecule has 0 saturated carbocycles. The second kappa shape index (κ2) is 4.77. The molecule has 0 aliphatic carbocycles. The Labute approximate surface area is 90.7 Å². The minimum atomic E-state index is -0.682. The average Bonchev–Trinajstić information content (AvgIpc) is 2.51. The van der Waals surface area contributed by atoms with Crippen LogP contribution in [0.15, 0.2) is 10.6 Å².